The van der Waals surface area contributed by atoms with Gasteiger partial charge in [-0.15, -0.1) is 11.8 Å². The number of hydrogen-bond donors (Lipinski definition) is 1. The quantitative estimate of drug-likeness (QED) is 0.348. The van der Waals surface area contributed by atoms with Crippen molar-refractivity contribution in [1.82, 2.24) is 0 Å². The first-order chi connectivity index (χ1) is 17.2. The topological polar surface area (TPSA) is 87.8 Å². The summed E-state index contributed by atoms with van der Waals surface area (Å²) in [6.07, 6.45) is 4.37. The Morgan fingerprint density at radius 3 is 2.22 bits per heavy atom. The molecule has 1 aliphatic rings. The van der Waals surface area contributed by atoms with E-state index in [9.17, 15) is 9.59 Å². The van der Waals surface area contributed by atoms with Crippen molar-refractivity contribution in [3.63, 3.8) is 0 Å². The van der Waals surface area contributed by atoms with Crippen molar-refractivity contribution in [3.05, 3.63) is 70.3 Å². The molecule has 1 aliphatic heterocycles. The predicted molar refractivity (Wildman–Crippen MR) is 144 cm³/mol. The van der Waals surface area contributed by atoms with E-state index in [1.165, 1.54) is 47.9 Å². The van der Waals surface area contributed by atoms with Crippen LogP contribution in [0.25, 0.3) is 0 Å². The van der Waals surface area contributed by atoms with Gasteiger partial charge in [-0.25, -0.2) is 0 Å². The van der Waals surface area contributed by atoms with Gasteiger partial charge in [-0.2, -0.15) is 0 Å². The Hall–Kier alpha value is -2.35. The summed E-state index contributed by atoms with van der Waals surface area (Å²) in [6.45, 7) is 7.57. The molecule has 36 heavy (non-hydrogen) atoms. The van der Waals surface area contributed by atoms with Crippen LogP contribution in [0.3, 0.4) is 0 Å². The van der Waals surface area contributed by atoms with Crippen molar-refractivity contribution in [2.45, 2.75) is 77.1 Å². The second-order valence-corrected chi connectivity index (χ2v) is 10.5. The Bertz CT molecular complexity index is 1020. The summed E-state index contributed by atoms with van der Waals surface area (Å²) in [5.41, 5.74) is 11.2. The average Bonchev–Trinajstić information content (AvgIpc) is 2.84. The van der Waals surface area contributed by atoms with Gasteiger partial charge in [0.05, 0.1) is 6.10 Å². The lowest BCUT2D eigenvalue weighted by Crippen LogP contribution is -2.52. The largest absolute Gasteiger partial charge is 0.458 e. The van der Waals surface area contributed by atoms with Crippen LogP contribution in [0.2, 0.25) is 0 Å². The van der Waals surface area contributed by atoms with E-state index in [4.69, 9.17) is 19.9 Å². The number of unbranched alkanes of at least 4 members (excludes halogenated alkanes) is 1. The Kier molecular flexibility index (Phi) is 10.4. The molecule has 3 rings (SSSR count). The highest BCUT2D eigenvalue weighted by Crippen LogP contribution is 2.42. The van der Waals surface area contributed by atoms with Gasteiger partial charge in [0.25, 0.3) is 0 Å². The summed E-state index contributed by atoms with van der Waals surface area (Å²) in [4.78, 5) is 23.7. The molecule has 196 valence electrons. The lowest BCUT2D eigenvalue weighted by molar-refractivity contribution is -0.208. The van der Waals surface area contributed by atoms with Gasteiger partial charge in [-0.1, -0.05) is 49.4 Å². The third kappa shape index (κ3) is 7.34. The van der Waals surface area contributed by atoms with Crippen molar-refractivity contribution in [1.29, 1.82) is 0 Å². The number of benzene rings is 2. The maximum absolute atomic E-state index is 11.9. The normalized spacial score (nSPS) is 23.8. The van der Waals surface area contributed by atoms with Crippen LogP contribution in [-0.2, 0) is 36.6 Å². The monoisotopic (exact) mass is 513 g/mol. The van der Waals surface area contributed by atoms with Crippen molar-refractivity contribution < 1.29 is 23.8 Å². The van der Waals surface area contributed by atoms with Crippen molar-refractivity contribution >= 4 is 23.7 Å². The lowest BCUT2D eigenvalue weighted by atomic mass is 9.85. The molecule has 7 heteroatoms. The van der Waals surface area contributed by atoms with E-state index in [1.54, 1.807) is 0 Å². The molecule has 6 nitrogen and oxygen atoms in total. The number of thioether (sulfide) groups is 1. The molecule has 2 aromatic rings. The number of esters is 2. The lowest BCUT2D eigenvalue weighted by Gasteiger charge is -2.44. The molecule has 0 spiro atoms. The van der Waals surface area contributed by atoms with Crippen LogP contribution in [0, 0.1) is 12.8 Å². The number of nitrogens with two attached hydrogens (primary N) is 1. The van der Waals surface area contributed by atoms with E-state index in [1.807, 2.05) is 13.2 Å². The summed E-state index contributed by atoms with van der Waals surface area (Å²) in [5.74, 6) is -1.03. The first-order valence-electron chi connectivity index (χ1n) is 12.6. The standard InChI is InChI=1S/C29H39NO5S/c1-18-9-14-24(17-25(18)16-23-12-10-22(11-13-23)8-6-7-15-30)26-19(2)27(33-20(3)31)28(34-21(4)32)29(35-26)36-5/h9-14,17,19,26-29H,6-8,15-16,30H2,1-5H3/t19-,26+,27+,28-,29+/m0/s1. The van der Waals surface area contributed by atoms with E-state index in [2.05, 4.69) is 49.4 Å². The number of rotatable bonds is 10. The summed E-state index contributed by atoms with van der Waals surface area (Å²) < 4.78 is 17.7. The van der Waals surface area contributed by atoms with Gasteiger partial charge in [0.2, 0.25) is 0 Å². The highest BCUT2D eigenvalue weighted by atomic mass is 32.2. The minimum absolute atomic E-state index is 0.204. The second kappa shape index (κ2) is 13.3. The van der Waals surface area contributed by atoms with E-state index in [-0.39, 0.29) is 12.0 Å². The Morgan fingerprint density at radius 2 is 1.61 bits per heavy atom. The van der Waals surface area contributed by atoms with Crippen LogP contribution in [0.1, 0.15) is 67.5 Å². The molecule has 2 N–H and O–H groups in total. The third-order valence-corrected chi connectivity index (χ3v) is 7.59. The maximum atomic E-state index is 11.9. The zero-order valence-corrected chi connectivity index (χ0v) is 22.8. The SMILES string of the molecule is CS[C@H]1O[C@@H](c2ccc(C)c(Cc3ccc(CCCCN)cc3)c2)[C@H](C)[C@@H](OC(C)=O)[C@@H]1OC(C)=O. The van der Waals surface area contributed by atoms with E-state index in [0.717, 1.165) is 37.8 Å². The van der Waals surface area contributed by atoms with Gasteiger partial charge < -0.3 is 19.9 Å². The van der Waals surface area contributed by atoms with Crippen molar-refractivity contribution in [3.8, 4) is 0 Å². The molecule has 0 saturated carbocycles. The van der Waals surface area contributed by atoms with Gasteiger partial charge >= 0.3 is 11.9 Å². The molecule has 1 fully saturated rings. The van der Waals surface area contributed by atoms with Crippen LogP contribution in [-0.4, -0.2) is 42.4 Å². The molecule has 0 radical (unpaired) electrons. The van der Waals surface area contributed by atoms with Gasteiger partial charge in [0.15, 0.2) is 6.10 Å². The molecule has 2 aromatic carbocycles. The average molecular weight is 514 g/mol. The first-order valence-corrected chi connectivity index (χ1v) is 13.9. The predicted octanol–water partition coefficient (Wildman–Crippen LogP) is 5.13. The minimum atomic E-state index is -0.666. The van der Waals surface area contributed by atoms with E-state index in [0.29, 0.717) is 0 Å². The van der Waals surface area contributed by atoms with Crippen LogP contribution in [0.5, 0.6) is 0 Å². The fraction of sp³-hybridized carbons (Fsp3) is 0.517. The highest BCUT2D eigenvalue weighted by molar-refractivity contribution is 7.99. The smallest absolute Gasteiger partial charge is 0.303 e. The summed E-state index contributed by atoms with van der Waals surface area (Å²) >= 11 is 1.45. The van der Waals surface area contributed by atoms with Crippen LogP contribution < -0.4 is 5.73 Å². The van der Waals surface area contributed by atoms with Crippen LogP contribution in [0.4, 0.5) is 0 Å². The Balaban J connectivity index is 1.83. The second-order valence-electron chi connectivity index (χ2n) is 9.59. The molecular weight excluding hydrogens is 474 g/mol. The first kappa shape index (κ1) is 28.2. The maximum Gasteiger partial charge on any atom is 0.303 e. The molecule has 0 amide bonds. The number of aryl methyl sites for hydroxylation is 2. The molecule has 0 unspecified atom stereocenters. The number of hydrogen-bond acceptors (Lipinski definition) is 7. The Labute approximate surface area is 219 Å². The Morgan fingerprint density at radius 1 is 0.972 bits per heavy atom. The zero-order chi connectivity index (χ0) is 26.2. The van der Waals surface area contributed by atoms with Crippen molar-refractivity contribution in [2.75, 3.05) is 12.8 Å². The highest BCUT2D eigenvalue weighted by Gasteiger charge is 2.48. The number of ether oxygens (including phenoxy) is 3. The molecule has 1 heterocycles. The molecule has 5 atom stereocenters. The van der Waals surface area contributed by atoms with Gasteiger partial charge in [-0.3, -0.25) is 9.59 Å². The summed E-state index contributed by atoms with van der Waals surface area (Å²) in [7, 11) is 0. The molecule has 0 aromatic heterocycles. The van der Waals surface area contributed by atoms with Crippen LogP contribution >= 0.6 is 11.8 Å². The van der Waals surface area contributed by atoms with Crippen molar-refractivity contribution in [2.24, 2.45) is 11.7 Å². The van der Waals surface area contributed by atoms with Gasteiger partial charge in [0, 0.05) is 19.8 Å². The minimum Gasteiger partial charge on any atom is -0.458 e. The van der Waals surface area contributed by atoms with Crippen LogP contribution in [0.15, 0.2) is 42.5 Å². The molecule has 0 aliphatic carbocycles. The summed E-state index contributed by atoms with van der Waals surface area (Å²) in [5, 5.41) is 0. The third-order valence-electron chi connectivity index (χ3n) is 6.74. The van der Waals surface area contributed by atoms with Gasteiger partial charge in [-0.05, 0) is 73.2 Å². The molecular formula is C29H39NO5S. The van der Waals surface area contributed by atoms with Gasteiger partial charge in [0.1, 0.15) is 11.5 Å². The fourth-order valence-corrected chi connectivity index (χ4v) is 5.51. The fourth-order valence-electron chi connectivity index (χ4n) is 4.80. The van der Waals surface area contributed by atoms with E-state index < -0.39 is 29.6 Å². The summed E-state index contributed by atoms with van der Waals surface area (Å²) in [6, 6.07) is 15.2. The molecule has 1 saturated heterocycles. The number of carbonyl (C=O) groups excluding carboxylic acids is 2. The van der Waals surface area contributed by atoms with E-state index >= 15 is 0 Å². The molecule has 0 bridgehead atoms. The number of carbonyl (C=O) groups is 2. The zero-order valence-electron chi connectivity index (χ0n) is 22.0.